The van der Waals surface area contributed by atoms with Crippen LogP contribution in [0.5, 0.6) is 5.75 Å². The molecule has 2 aromatic carbocycles. The lowest BCUT2D eigenvalue weighted by Crippen LogP contribution is -2.63. The number of benzene rings is 2. The fourth-order valence-corrected chi connectivity index (χ4v) is 5.06. The van der Waals surface area contributed by atoms with E-state index in [4.69, 9.17) is 10.00 Å². The third-order valence-electron chi connectivity index (χ3n) is 6.73. The molecule has 2 heterocycles. The van der Waals surface area contributed by atoms with Crippen LogP contribution in [0.3, 0.4) is 0 Å². The van der Waals surface area contributed by atoms with Gasteiger partial charge in [0.05, 0.1) is 11.6 Å². The number of hydrogen-bond donors (Lipinski definition) is 0. The molecule has 2 aromatic rings. The summed E-state index contributed by atoms with van der Waals surface area (Å²) in [5.41, 5.74) is 3.68. The van der Waals surface area contributed by atoms with E-state index in [1.807, 2.05) is 41.3 Å². The minimum absolute atomic E-state index is 0.0433. The van der Waals surface area contributed by atoms with Gasteiger partial charge in [-0.05, 0) is 53.8 Å². The molecule has 31 heavy (non-hydrogen) atoms. The van der Waals surface area contributed by atoms with Crippen LogP contribution >= 0.6 is 0 Å². The van der Waals surface area contributed by atoms with E-state index in [9.17, 15) is 9.59 Å². The van der Waals surface area contributed by atoms with Crippen LogP contribution in [0.4, 0.5) is 0 Å². The largest absolute Gasteiger partial charge is 0.489 e. The van der Waals surface area contributed by atoms with Crippen LogP contribution in [-0.2, 0) is 29.2 Å². The molecule has 0 bridgehead atoms. The van der Waals surface area contributed by atoms with Gasteiger partial charge in [0.1, 0.15) is 24.9 Å². The highest BCUT2D eigenvalue weighted by Crippen LogP contribution is 2.33. The zero-order chi connectivity index (χ0) is 21.4. The first-order valence-electron chi connectivity index (χ1n) is 11.0. The van der Waals surface area contributed by atoms with E-state index in [0.717, 1.165) is 48.1 Å². The van der Waals surface area contributed by atoms with Crippen LogP contribution in [0.2, 0.25) is 0 Å². The van der Waals surface area contributed by atoms with Crippen LogP contribution in [-0.4, -0.2) is 40.2 Å². The number of fused-ring (bicyclic) bond motifs is 2. The molecule has 3 aliphatic rings. The molecule has 6 nitrogen and oxygen atoms in total. The van der Waals surface area contributed by atoms with E-state index >= 15 is 0 Å². The first-order valence-corrected chi connectivity index (χ1v) is 11.0. The zero-order valence-electron chi connectivity index (χ0n) is 17.4. The lowest BCUT2D eigenvalue weighted by Gasteiger charge is -2.45. The van der Waals surface area contributed by atoms with E-state index in [-0.39, 0.29) is 30.4 Å². The SMILES string of the molecule is N#Cc1cccc(COc2ccc3c(c2)CN2C(=O)CN(C4CCCC4)C(=O)[C@H]2C3)c1. The molecule has 0 radical (unpaired) electrons. The van der Waals surface area contributed by atoms with E-state index in [1.54, 1.807) is 11.0 Å². The second-order valence-electron chi connectivity index (χ2n) is 8.68. The number of amides is 2. The molecule has 158 valence electrons. The van der Waals surface area contributed by atoms with Gasteiger partial charge in [0, 0.05) is 19.0 Å². The average Bonchev–Trinajstić information content (AvgIpc) is 3.34. The van der Waals surface area contributed by atoms with Crippen LogP contribution in [0.25, 0.3) is 0 Å². The van der Waals surface area contributed by atoms with Gasteiger partial charge < -0.3 is 14.5 Å². The standard InChI is InChI=1S/C25H25N3O3/c26-13-17-4-3-5-18(10-17)16-31-22-9-8-19-12-23-25(30)27(21-6-1-2-7-21)15-24(29)28(23)14-20(19)11-22/h3-5,8-11,21,23H,1-2,6-7,12,14-16H2/t23-/m1/s1. The monoisotopic (exact) mass is 415 g/mol. The summed E-state index contributed by atoms with van der Waals surface area (Å²) in [6.07, 6.45) is 4.88. The maximum absolute atomic E-state index is 13.2. The minimum Gasteiger partial charge on any atom is -0.489 e. The third kappa shape index (κ3) is 3.76. The van der Waals surface area contributed by atoms with Crippen molar-refractivity contribution in [3.05, 3.63) is 64.7 Å². The Morgan fingerprint density at radius 2 is 1.84 bits per heavy atom. The van der Waals surface area contributed by atoms with Crippen molar-refractivity contribution in [3.8, 4) is 11.8 Å². The van der Waals surface area contributed by atoms with Gasteiger partial charge >= 0.3 is 0 Å². The van der Waals surface area contributed by atoms with E-state index < -0.39 is 0 Å². The average molecular weight is 415 g/mol. The number of nitriles is 1. The Kier molecular flexibility index (Phi) is 5.11. The molecule has 1 aliphatic carbocycles. The topological polar surface area (TPSA) is 73.6 Å². The summed E-state index contributed by atoms with van der Waals surface area (Å²) in [6.45, 7) is 1.03. The highest BCUT2D eigenvalue weighted by Gasteiger charge is 2.44. The smallest absolute Gasteiger partial charge is 0.246 e. The molecule has 2 amide bonds. The second kappa shape index (κ2) is 8.07. The highest BCUT2D eigenvalue weighted by atomic mass is 16.5. The van der Waals surface area contributed by atoms with Crippen molar-refractivity contribution in [2.75, 3.05) is 6.54 Å². The number of carbonyl (C=O) groups is 2. The highest BCUT2D eigenvalue weighted by molar-refractivity contribution is 5.95. The van der Waals surface area contributed by atoms with E-state index in [0.29, 0.717) is 25.1 Å². The van der Waals surface area contributed by atoms with Crippen LogP contribution in [0, 0.1) is 11.3 Å². The third-order valence-corrected chi connectivity index (χ3v) is 6.73. The lowest BCUT2D eigenvalue weighted by molar-refractivity contribution is -0.159. The van der Waals surface area contributed by atoms with Crippen molar-refractivity contribution in [3.63, 3.8) is 0 Å². The fourth-order valence-electron chi connectivity index (χ4n) is 5.06. The van der Waals surface area contributed by atoms with Gasteiger partial charge in [-0.3, -0.25) is 9.59 Å². The number of nitrogens with zero attached hydrogens (tertiary/aromatic N) is 3. The van der Waals surface area contributed by atoms with Crippen LogP contribution in [0.1, 0.15) is 47.9 Å². The molecule has 5 rings (SSSR count). The van der Waals surface area contributed by atoms with Crippen molar-refractivity contribution in [2.24, 2.45) is 0 Å². The van der Waals surface area contributed by atoms with Gasteiger partial charge in [-0.2, -0.15) is 5.26 Å². The van der Waals surface area contributed by atoms with Gasteiger partial charge in [0.2, 0.25) is 11.8 Å². The summed E-state index contributed by atoms with van der Waals surface area (Å²) >= 11 is 0. The van der Waals surface area contributed by atoms with Gasteiger partial charge in [-0.15, -0.1) is 0 Å². The first kappa shape index (κ1) is 19.6. The Bertz CT molecular complexity index is 1070. The first-order chi connectivity index (χ1) is 15.1. The maximum Gasteiger partial charge on any atom is 0.246 e. The van der Waals surface area contributed by atoms with Crippen molar-refractivity contribution >= 4 is 11.8 Å². The number of carbonyl (C=O) groups excluding carboxylic acids is 2. The van der Waals surface area contributed by atoms with Gasteiger partial charge in [0.15, 0.2) is 0 Å². The Morgan fingerprint density at radius 1 is 1.00 bits per heavy atom. The summed E-state index contributed by atoms with van der Waals surface area (Å²) in [6, 6.07) is 15.3. The molecular formula is C25H25N3O3. The van der Waals surface area contributed by atoms with Crippen molar-refractivity contribution < 1.29 is 14.3 Å². The number of rotatable bonds is 4. The molecule has 0 unspecified atom stereocenters. The van der Waals surface area contributed by atoms with Crippen molar-refractivity contribution in [1.82, 2.24) is 9.80 Å². The maximum atomic E-state index is 13.2. The number of ether oxygens (including phenoxy) is 1. The zero-order valence-corrected chi connectivity index (χ0v) is 17.4. The van der Waals surface area contributed by atoms with E-state index in [2.05, 4.69) is 6.07 Å². The predicted molar refractivity (Wildman–Crippen MR) is 114 cm³/mol. The molecule has 1 saturated heterocycles. The van der Waals surface area contributed by atoms with Gasteiger partial charge in [-0.1, -0.05) is 31.0 Å². The summed E-state index contributed by atoms with van der Waals surface area (Å²) in [5.74, 6) is 0.875. The van der Waals surface area contributed by atoms with Crippen LogP contribution < -0.4 is 4.74 Å². The fraction of sp³-hybridized carbons (Fsp3) is 0.400. The van der Waals surface area contributed by atoms with E-state index in [1.165, 1.54) is 0 Å². The molecule has 2 aliphatic heterocycles. The summed E-state index contributed by atoms with van der Waals surface area (Å²) in [4.78, 5) is 29.6. The summed E-state index contributed by atoms with van der Waals surface area (Å²) < 4.78 is 5.94. The molecular weight excluding hydrogens is 390 g/mol. The predicted octanol–water partition coefficient (Wildman–Crippen LogP) is 3.18. The quantitative estimate of drug-likeness (QED) is 0.769. The lowest BCUT2D eigenvalue weighted by atomic mass is 9.91. The number of hydrogen-bond acceptors (Lipinski definition) is 4. The van der Waals surface area contributed by atoms with Gasteiger partial charge in [-0.25, -0.2) is 0 Å². The van der Waals surface area contributed by atoms with Gasteiger partial charge in [0.25, 0.3) is 0 Å². The summed E-state index contributed by atoms with van der Waals surface area (Å²) in [5, 5.41) is 9.04. The summed E-state index contributed by atoms with van der Waals surface area (Å²) in [7, 11) is 0. The molecule has 0 N–H and O–H groups in total. The molecule has 0 aromatic heterocycles. The normalized spacial score (nSPS) is 20.9. The molecule has 6 heteroatoms. The Balaban J connectivity index is 1.31. The van der Waals surface area contributed by atoms with Crippen molar-refractivity contribution in [1.29, 1.82) is 5.26 Å². The Hall–Kier alpha value is -3.33. The molecule has 1 saturated carbocycles. The molecule has 0 spiro atoms. The van der Waals surface area contributed by atoms with Crippen molar-refractivity contribution in [2.45, 2.75) is 57.3 Å². The minimum atomic E-state index is -0.380. The second-order valence-corrected chi connectivity index (χ2v) is 8.68. The molecule has 1 atom stereocenters. The van der Waals surface area contributed by atoms with Crippen LogP contribution in [0.15, 0.2) is 42.5 Å². The Morgan fingerprint density at radius 3 is 2.65 bits per heavy atom. The molecule has 2 fully saturated rings. The Labute approximate surface area is 182 Å². The number of piperazine rings is 1.